The standard InChI is InChI=1S/C16H21ClN6/c1-3-18-14-11-12(2)20-16(21-14)23-9-7-22(8-10-23)15-13(17)5-4-6-19-15/h4-6,11H,3,7-10H2,1-2H3,(H,18,20,21). The first kappa shape index (κ1) is 15.8. The molecule has 0 aromatic carbocycles. The summed E-state index contributed by atoms with van der Waals surface area (Å²) in [5.74, 6) is 2.52. The Hall–Kier alpha value is -2.08. The molecule has 0 amide bonds. The number of rotatable bonds is 4. The Morgan fingerprint density at radius 3 is 2.61 bits per heavy atom. The monoisotopic (exact) mass is 332 g/mol. The highest BCUT2D eigenvalue weighted by atomic mass is 35.5. The van der Waals surface area contributed by atoms with Crippen molar-refractivity contribution >= 4 is 29.2 Å². The van der Waals surface area contributed by atoms with Crippen LogP contribution in [0.1, 0.15) is 12.6 Å². The molecule has 7 heteroatoms. The van der Waals surface area contributed by atoms with Gasteiger partial charge in [-0.2, -0.15) is 4.98 Å². The van der Waals surface area contributed by atoms with E-state index in [0.717, 1.165) is 56.0 Å². The third kappa shape index (κ3) is 3.64. The van der Waals surface area contributed by atoms with Gasteiger partial charge in [-0.05, 0) is 26.0 Å². The highest BCUT2D eigenvalue weighted by molar-refractivity contribution is 6.32. The van der Waals surface area contributed by atoms with Crippen molar-refractivity contribution in [3.8, 4) is 0 Å². The molecule has 1 N–H and O–H groups in total. The number of nitrogens with one attached hydrogen (secondary N) is 1. The number of piperazine rings is 1. The van der Waals surface area contributed by atoms with Gasteiger partial charge in [0.1, 0.15) is 11.6 Å². The van der Waals surface area contributed by atoms with E-state index in [0.29, 0.717) is 5.02 Å². The number of nitrogens with zero attached hydrogens (tertiary/aromatic N) is 5. The van der Waals surface area contributed by atoms with Crippen LogP contribution in [-0.2, 0) is 0 Å². The van der Waals surface area contributed by atoms with Gasteiger partial charge in [-0.1, -0.05) is 11.6 Å². The average molecular weight is 333 g/mol. The van der Waals surface area contributed by atoms with E-state index in [1.54, 1.807) is 6.20 Å². The van der Waals surface area contributed by atoms with Gasteiger partial charge in [-0.3, -0.25) is 0 Å². The van der Waals surface area contributed by atoms with E-state index in [-0.39, 0.29) is 0 Å². The van der Waals surface area contributed by atoms with Crippen molar-refractivity contribution in [1.29, 1.82) is 0 Å². The van der Waals surface area contributed by atoms with Gasteiger partial charge in [0.2, 0.25) is 5.95 Å². The molecule has 122 valence electrons. The minimum Gasteiger partial charge on any atom is -0.370 e. The van der Waals surface area contributed by atoms with Gasteiger partial charge in [0.15, 0.2) is 0 Å². The minimum absolute atomic E-state index is 0.696. The number of aromatic nitrogens is 3. The molecule has 0 atom stereocenters. The Balaban J connectivity index is 1.71. The van der Waals surface area contributed by atoms with Gasteiger partial charge >= 0.3 is 0 Å². The molecule has 2 aromatic rings. The van der Waals surface area contributed by atoms with Crippen molar-refractivity contribution < 1.29 is 0 Å². The molecule has 0 unspecified atom stereocenters. The first-order valence-electron chi connectivity index (χ1n) is 7.87. The molecule has 0 radical (unpaired) electrons. The van der Waals surface area contributed by atoms with Crippen LogP contribution in [0.15, 0.2) is 24.4 Å². The fraction of sp³-hybridized carbons (Fsp3) is 0.438. The molecule has 6 nitrogen and oxygen atoms in total. The molecular formula is C16H21ClN6. The Bertz CT molecular complexity index is 669. The zero-order chi connectivity index (χ0) is 16.2. The number of aryl methyl sites for hydroxylation is 1. The van der Waals surface area contributed by atoms with Gasteiger partial charge in [-0.25, -0.2) is 9.97 Å². The molecule has 1 fully saturated rings. The lowest BCUT2D eigenvalue weighted by atomic mass is 10.3. The topological polar surface area (TPSA) is 57.2 Å². The summed E-state index contributed by atoms with van der Waals surface area (Å²) >= 11 is 6.24. The van der Waals surface area contributed by atoms with Gasteiger partial charge in [0.25, 0.3) is 0 Å². The Kier molecular flexibility index (Phi) is 4.81. The van der Waals surface area contributed by atoms with Crippen LogP contribution < -0.4 is 15.1 Å². The van der Waals surface area contributed by atoms with Crippen molar-refractivity contribution in [3.05, 3.63) is 35.1 Å². The van der Waals surface area contributed by atoms with Crippen LogP contribution >= 0.6 is 11.6 Å². The van der Waals surface area contributed by atoms with E-state index < -0.39 is 0 Å². The van der Waals surface area contributed by atoms with Crippen molar-refractivity contribution in [2.75, 3.05) is 47.8 Å². The molecule has 23 heavy (non-hydrogen) atoms. The molecule has 3 heterocycles. The second kappa shape index (κ2) is 7.00. The Labute approximate surface area is 141 Å². The zero-order valence-corrected chi connectivity index (χ0v) is 14.2. The molecule has 2 aromatic heterocycles. The van der Waals surface area contributed by atoms with Crippen LogP contribution in [0.3, 0.4) is 0 Å². The minimum atomic E-state index is 0.696. The summed E-state index contributed by atoms with van der Waals surface area (Å²) in [7, 11) is 0. The summed E-state index contributed by atoms with van der Waals surface area (Å²) in [5.41, 5.74) is 0.973. The van der Waals surface area contributed by atoms with Crippen LogP contribution in [0.5, 0.6) is 0 Å². The summed E-state index contributed by atoms with van der Waals surface area (Å²) in [6.07, 6.45) is 1.78. The predicted molar refractivity (Wildman–Crippen MR) is 94.6 cm³/mol. The van der Waals surface area contributed by atoms with E-state index >= 15 is 0 Å². The molecule has 1 aliphatic heterocycles. The normalized spacial score (nSPS) is 14.9. The zero-order valence-electron chi connectivity index (χ0n) is 13.5. The smallest absolute Gasteiger partial charge is 0.227 e. The average Bonchev–Trinajstić information content (AvgIpc) is 2.55. The van der Waals surface area contributed by atoms with Crippen molar-refractivity contribution in [2.45, 2.75) is 13.8 Å². The third-order valence-electron chi connectivity index (χ3n) is 3.80. The highest BCUT2D eigenvalue weighted by Crippen LogP contribution is 2.24. The highest BCUT2D eigenvalue weighted by Gasteiger charge is 2.21. The lowest BCUT2D eigenvalue weighted by Crippen LogP contribution is -2.47. The maximum Gasteiger partial charge on any atom is 0.227 e. The molecule has 0 spiro atoms. The summed E-state index contributed by atoms with van der Waals surface area (Å²) in [5, 5.41) is 3.95. The number of anilines is 3. The van der Waals surface area contributed by atoms with Gasteiger partial charge < -0.3 is 15.1 Å². The van der Waals surface area contributed by atoms with Gasteiger partial charge in [0.05, 0.1) is 5.02 Å². The molecular weight excluding hydrogens is 312 g/mol. The fourth-order valence-corrected chi connectivity index (χ4v) is 2.94. The number of hydrogen-bond donors (Lipinski definition) is 1. The summed E-state index contributed by atoms with van der Waals surface area (Å²) < 4.78 is 0. The first-order chi connectivity index (χ1) is 11.2. The second-order valence-electron chi connectivity index (χ2n) is 5.51. The van der Waals surface area contributed by atoms with Crippen LogP contribution in [0, 0.1) is 6.92 Å². The lowest BCUT2D eigenvalue weighted by Gasteiger charge is -2.35. The van der Waals surface area contributed by atoms with Gasteiger partial charge in [-0.15, -0.1) is 0 Å². The number of pyridine rings is 1. The van der Waals surface area contributed by atoms with Crippen molar-refractivity contribution in [3.63, 3.8) is 0 Å². The Morgan fingerprint density at radius 1 is 1.17 bits per heavy atom. The SMILES string of the molecule is CCNc1cc(C)nc(N2CCN(c3ncccc3Cl)CC2)n1. The maximum atomic E-state index is 6.24. The number of hydrogen-bond acceptors (Lipinski definition) is 6. The Morgan fingerprint density at radius 2 is 1.91 bits per heavy atom. The number of halogens is 1. The van der Waals surface area contributed by atoms with Crippen molar-refractivity contribution in [1.82, 2.24) is 15.0 Å². The third-order valence-corrected chi connectivity index (χ3v) is 4.10. The van der Waals surface area contributed by atoms with E-state index in [1.165, 1.54) is 0 Å². The first-order valence-corrected chi connectivity index (χ1v) is 8.25. The molecule has 0 bridgehead atoms. The fourth-order valence-electron chi connectivity index (χ4n) is 2.69. The maximum absolute atomic E-state index is 6.24. The molecule has 1 aliphatic rings. The largest absolute Gasteiger partial charge is 0.370 e. The van der Waals surface area contributed by atoms with Crippen LogP contribution in [0.4, 0.5) is 17.6 Å². The second-order valence-corrected chi connectivity index (χ2v) is 5.92. The van der Waals surface area contributed by atoms with E-state index in [1.807, 2.05) is 25.1 Å². The summed E-state index contributed by atoms with van der Waals surface area (Å²) in [6, 6.07) is 5.70. The summed E-state index contributed by atoms with van der Waals surface area (Å²) in [6.45, 7) is 8.31. The van der Waals surface area contributed by atoms with Crippen LogP contribution in [0.25, 0.3) is 0 Å². The molecule has 3 rings (SSSR count). The molecule has 1 saturated heterocycles. The van der Waals surface area contributed by atoms with E-state index in [9.17, 15) is 0 Å². The van der Waals surface area contributed by atoms with Crippen molar-refractivity contribution in [2.24, 2.45) is 0 Å². The molecule has 0 saturated carbocycles. The van der Waals surface area contributed by atoms with E-state index in [4.69, 9.17) is 11.6 Å². The van der Waals surface area contributed by atoms with Crippen LogP contribution in [-0.4, -0.2) is 47.7 Å². The van der Waals surface area contributed by atoms with E-state index in [2.05, 4.69) is 37.0 Å². The van der Waals surface area contributed by atoms with Gasteiger partial charge in [0, 0.05) is 50.7 Å². The quantitative estimate of drug-likeness (QED) is 0.928. The van der Waals surface area contributed by atoms with Crippen LogP contribution in [0.2, 0.25) is 5.02 Å². The molecule has 0 aliphatic carbocycles. The lowest BCUT2D eigenvalue weighted by molar-refractivity contribution is 0.634. The summed E-state index contributed by atoms with van der Waals surface area (Å²) in [4.78, 5) is 18.0. The predicted octanol–water partition coefficient (Wildman–Crippen LogP) is 2.59.